The molecule has 0 aliphatic rings. The maximum atomic E-state index is 5.23. The van der Waals surface area contributed by atoms with E-state index in [0.717, 1.165) is 15.3 Å². The molecule has 0 unspecified atom stereocenters. The fourth-order valence-corrected chi connectivity index (χ4v) is 2.14. The van der Waals surface area contributed by atoms with Gasteiger partial charge in [-0.2, -0.15) is 4.98 Å². The number of rotatable bonds is 4. The van der Waals surface area contributed by atoms with Crippen LogP contribution in [0.25, 0.3) is 6.08 Å². The molecule has 5 heteroatoms. The van der Waals surface area contributed by atoms with Gasteiger partial charge in [-0.1, -0.05) is 32.8 Å². The van der Waals surface area contributed by atoms with Gasteiger partial charge < -0.3 is 9.64 Å². The number of halogens is 1. The van der Waals surface area contributed by atoms with Gasteiger partial charge in [0.1, 0.15) is 0 Å². The summed E-state index contributed by atoms with van der Waals surface area (Å²) in [4.78, 5) is 7.43. The lowest BCUT2D eigenvalue weighted by molar-refractivity contribution is 0.400. The Morgan fingerprint density at radius 3 is 2.73 bits per heavy atom. The van der Waals surface area contributed by atoms with Crippen LogP contribution in [-0.2, 0) is 0 Å². The minimum Gasteiger partial charge on any atom is -0.480 e. The van der Waals surface area contributed by atoms with E-state index < -0.39 is 0 Å². The third-order valence-corrected chi connectivity index (χ3v) is 3.81. The van der Waals surface area contributed by atoms with E-state index in [4.69, 9.17) is 4.74 Å². The molecule has 0 aliphatic heterocycles. The number of aromatic nitrogens is 1. The Kier molecular flexibility index (Phi) is 4.60. The second kappa shape index (κ2) is 5.51. The number of nitrogens with zero attached hydrogens (tertiary/aromatic N) is 2. The summed E-state index contributed by atoms with van der Waals surface area (Å²) in [5.41, 5.74) is 1.25. The van der Waals surface area contributed by atoms with Gasteiger partial charge in [-0.15, -0.1) is 0 Å². The van der Waals surface area contributed by atoms with Crippen molar-refractivity contribution in [3.05, 3.63) is 10.5 Å². The van der Waals surface area contributed by atoms with Gasteiger partial charge in [0.25, 0.3) is 0 Å². The highest BCUT2D eigenvalue weighted by molar-refractivity contribution is 9.09. The van der Waals surface area contributed by atoms with Crippen molar-refractivity contribution in [2.75, 3.05) is 31.4 Å². The molecule has 0 atom stereocenters. The largest absolute Gasteiger partial charge is 0.480 e. The number of hydrogen-bond acceptors (Lipinski definition) is 4. The number of hydrogen-bond donors (Lipinski definition) is 0. The van der Waals surface area contributed by atoms with Crippen LogP contribution in [0.4, 0.5) is 5.13 Å². The van der Waals surface area contributed by atoms with E-state index in [1.165, 1.54) is 5.57 Å². The Bertz CT molecular complexity index is 360. The van der Waals surface area contributed by atoms with Crippen LogP contribution in [0, 0.1) is 0 Å². The normalized spacial score (nSPS) is 11.7. The Hall–Kier alpha value is -0.550. The number of ether oxygens (including phenoxy) is 1. The van der Waals surface area contributed by atoms with E-state index in [0.29, 0.717) is 5.88 Å². The fourth-order valence-electron chi connectivity index (χ4n) is 0.998. The number of methoxy groups -OCH3 is 1. The standard InChI is InChI=1S/C10H15BrN2OS/c1-7(6-11)5-8-9(14-4)12-10(15-8)13(2)3/h5H,6H2,1-4H3. The van der Waals surface area contributed by atoms with E-state index >= 15 is 0 Å². The first-order valence-corrected chi connectivity index (χ1v) is 6.47. The van der Waals surface area contributed by atoms with Crippen LogP contribution in [0.2, 0.25) is 0 Å². The van der Waals surface area contributed by atoms with Gasteiger partial charge in [0.15, 0.2) is 5.13 Å². The van der Waals surface area contributed by atoms with Crippen LogP contribution in [0.15, 0.2) is 5.57 Å². The van der Waals surface area contributed by atoms with Gasteiger partial charge in [0.2, 0.25) is 5.88 Å². The molecule has 0 saturated carbocycles. The number of allylic oxidation sites excluding steroid dienone is 1. The topological polar surface area (TPSA) is 25.4 Å². The van der Waals surface area contributed by atoms with Crippen molar-refractivity contribution in [3.8, 4) is 5.88 Å². The molecule has 84 valence electrons. The second-order valence-corrected chi connectivity index (χ2v) is 4.96. The number of thiazole rings is 1. The highest BCUT2D eigenvalue weighted by atomic mass is 79.9. The molecule has 1 aromatic heterocycles. The highest BCUT2D eigenvalue weighted by Crippen LogP contribution is 2.32. The van der Waals surface area contributed by atoms with Gasteiger partial charge in [0.05, 0.1) is 12.0 Å². The maximum absolute atomic E-state index is 5.23. The minimum atomic E-state index is 0.698. The predicted octanol–water partition coefficient (Wildman–Crippen LogP) is 3.02. The van der Waals surface area contributed by atoms with Crippen LogP contribution in [0.5, 0.6) is 5.88 Å². The maximum Gasteiger partial charge on any atom is 0.233 e. The summed E-state index contributed by atoms with van der Waals surface area (Å²) >= 11 is 5.05. The summed E-state index contributed by atoms with van der Waals surface area (Å²) in [7, 11) is 5.60. The summed E-state index contributed by atoms with van der Waals surface area (Å²) in [6.45, 7) is 2.07. The van der Waals surface area contributed by atoms with E-state index in [1.54, 1.807) is 18.4 Å². The lowest BCUT2D eigenvalue weighted by Gasteiger charge is -2.04. The molecular weight excluding hydrogens is 276 g/mol. The van der Waals surface area contributed by atoms with E-state index in [1.807, 2.05) is 19.0 Å². The Labute approximate surface area is 103 Å². The first kappa shape index (κ1) is 12.5. The molecule has 15 heavy (non-hydrogen) atoms. The molecule has 0 spiro atoms. The van der Waals surface area contributed by atoms with Gasteiger partial charge in [-0.05, 0) is 13.0 Å². The molecule has 0 fully saturated rings. The lowest BCUT2D eigenvalue weighted by atomic mass is 10.3. The van der Waals surface area contributed by atoms with Gasteiger partial charge in [-0.3, -0.25) is 0 Å². The Morgan fingerprint density at radius 1 is 1.60 bits per heavy atom. The van der Waals surface area contributed by atoms with Gasteiger partial charge in [0, 0.05) is 19.4 Å². The summed E-state index contributed by atoms with van der Waals surface area (Å²) < 4.78 is 5.23. The predicted molar refractivity (Wildman–Crippen MR) is 70.4 cm³/mol. The smallest absolute Gasteiger partial charge is 0.233 e. The molecule has 1 rings (SSSR count). The monoisotopic (exact) mass is 290 g/mol. The molecule has 0 aliphatic carbocycles. The van der Waals surface area contributed by atoms with E-state index in [9.17, 15) is 0 Å². The zero-order valence-electron chi connectivity index (χ0n) is 9.37. The fraction of sp³-hybridized carbons (Fsp3) is 0.500. The average Bonchev–Trinajstić information content (AvgIpc) is 2.61. The van der Waals surface area contributed by atoms with Crippen LogP contribution >= 0.6 is 27.3 Å². The average molecular weight is 291 g/mol. The number of alkyl halides is 1. The molecule has 0 amide bonds. The summed E-state index contributed by atoms with van der Waals surface area (Å²) in [5.74, 6) is 0.698. The molecule has 0 aromatic carbocycles. The quantitative estimate of drug-likeness (QED) is 0.797. The van der Waals surface area contributed by atoms with Crippen molar-refractivity contribution in [2.45, 2.75) is 6.92 Å². The SMILES string of the molecule is COc1nc(N(C)C)sc1C=C(C)CBr. The minimum absolute atomic E-state index is 0.698. The van der Waals surface area contributed by atoms with E-state index in [2.05, 4.69) is 33.9 Å². The molecule has 0 radical (unpaired) electrons. The first-order valence-electron chi connectivity index (χ1n) is 4.53. The zero-order chi connectivity index (χ0) is 11.4. The second-order valence-electron chi connectivity index (χ2n) is 3.39. The van der Waals surface area contributed by atoms with Gasteiger partial charge >= 0.3 is 0 Å². The third kappa shape index (κ3) is 3.21. The van der Waals surface area contributed by atoms with Crippen molar-refractivity contribution in [1.29, 1.82) is 0 Å². The molecule has 0 bridgehead atoms. The van der Waals surface area contributed by atoms with Crippen molar-refractivity contribution in [1.82, 2.24) is 4.98 Å². The molecule has 1 aromatic rings. The summed E-state index contributed by atoms with van der Waals surface area (Å²) in [5, 5.41) is 1.83. The highest BCUT2D eigenvalue weighted by Gasteiger charge is 2.10. The van der Waals surface area contributed by atoms with Crippen molar-refractivity contribution in [3.63, 3.8) is 0 Å². The molecule has 0 saturated heterocycles. The zero-order valence-corrected chi connectivity index (χ0v) is 11.8. The van der Waals surface area contributed by atoms with Crippen LogP contribution < -0.4 is 9.64 Å². The lowest BCUT2D eigenvalue weighted by Crippen LogP contribution is -2.07. The van der Waals surface area contributed by atoms with Crippen molar-refractivity contribution < 1.29 is 4.74 Å². The first-order chi connectivity index (χ1) is 7.08. The Morgan fingerprint density at radius 2 is 2.27 bits per heavy atom. The third-order valence-electron chi connectivity index (χ3n) is 1.77. The summed E-state index contributed by atoms with van der Waals surface area (Å²) in [6.07, 6.45) is 2.10. The number of anilines is 1. The Balaban J connectivity index is 3.06. The van der Waals surface area contributed by atoms with Crippen LogP contribution in [-0.4, -0.2) is 31.5 Å². The van der Waals surface area contributed by atoms with Crippen LogP contribution in [0.1, 0.15) is 11.8 Å². The van der Waals surface area contributed by atoms with Crippen molar-refractivity contribution in [2.24, 2.45) is 0 Å². The molecule has 1 heterocycles. The summed E-state index contributed by atoms with van der Waals surface area (Å²) in [6, 6.07) is 0. The van der Waals surface area contributed by atoms with Crippen molar-refractivity contribution >= 4 is 38.5 Å². The molecule has 3 nitrogen and oxygen atoms in total. The molecular formula is C10H15BrN2OS. The van der Waals surface area contributed by atoms with Crippen LogP contribution in [0.3, 0.4) is 0 Å². The van der Waals surface area contributed by atoms with Gasteiger partial charge in [-0.25, -0.2) is 0 Å². The molecule has 0 N–H and O–H groups in total. The van der Waals surface area contributed by atoms with E-state index in [-0.39, 0.29) is 0 Å².